The Morgan fingerprint density at radius 2 is 2.03 bits per heavy atom. The maximum Gasteiger partial charge on any atom is 0.210 e. The number of carbonyl (C=O) groups is 1. The summed E-state index contributed by atoms with van der Waals surface area (Å²) in [5.41, 5.74) is 4.31. The number of nitrogens with zero attached hydrogens (tertiary/aromatic N) is 1. The minimum absolute atomic E-state index is 0.174. The van der Waals surface area contributed by atoms with Gasteiger partial charge in [-0.05, 0) is 60.4 Å². The summed E-state index contributed by atoms with van der Waals surface area (Å²) in [7, 11) is 3.31. The summed E-state index contributed by atoms with van der Waals surface area (Å²) in [4.78, 5) is 16.9. The first-order valence-corrected chi connectivity index (χ1v) is 10.1. The summed E-state index contributed by atoms with van der Waals surface area (Å²) in [5.74, 6) is 2.23. The number of hydrogen-bond donors (Lipinski definition) is 1. The van der Waals surface area contributed by atoms with Crippen molar-refractivity contribution in [3.05, 3.63) is 59.3 Å². The number of methoxy groups -OCH3 is 2. The van der Waals surface area contributed by atoms with Crippen LogP contribution in [0.25, 0.3) is 17.0 Å². The van der Waals surface area contributed by atoms with Crippen molar-refractivity contribution in [2.24, 2.45) is 0 Å². The number of nitrogens with one attached hydrogen (secondary N) is 1. The Hall–Kier alpha value is -3.41. The van der Waals surface area contributed by atoms with Gasteiger partial charge in [-0.2, -0.15) is 0 Å². The van der Waals surface area contributed by atoms with Crippen LogP contribution >= 0.6 is 0 Å². The molecule has 1 atom stereocenters. The first-order chi connectivity index (χ1) is 14.7. The van der Waals surface area contributed by atoms with Crippen LogP contribution in [0.15, 0.2) is 42.6 Å². The second-order valence-corrected chi connectivity index (χ2v) is 7.19. The van der Waals surface area contributed by atoms with E-state index in [0.717, 1.165) is 46.4 Å². The third kappa shape index (κ3) is 3.61. The molecular weight excluding hydrogens is 380 g/mol. The van der Waals surface area contributed by atoms with Gasteiger partial charge in [-0.3, -0.25) is 4.79 Å². The summed E-state index contributed by atoms with van der Waals surface area (Å²) < 4.78 is 16.6. The molecule has 6 heteroatoms. The number of fused-ring (bicyclic) bond motifs is 2. The molecular formula is C24H26N2O4. The number of carbonyl (C=O) groups excluding carboxylic acids is 1. The minimum atomic E-state index is -0.174. The van der Waals surface area contributed by atoms with E-state index in [9.17, 15) is 4.79 Å². The van der Waals surface area contributed by atoms with Gasteiger partial charge in [-0.1, -0.05) is 12.2 Å². The van der Waals surface area contributed by atoms with Crippen LogP contribution in [0, 0.1) is 0 Å². The molecule has 0 spiro atoms. The Bertz CT molecular complexity index is 1090. The molecule has 0 unspecified atom stereocenters. The van der Waals surface area contributed by atoms with Gasteiger partial charge in [-0.15, -0.1) is 0 Å². The Morgan fingerprint density at radius 3 is 2.77 bits per heavy atom. The zero-order valence-electron chi connectivity index (χ0n) is 17.5. The molecule has 6 nitrogen and oxygen atoms in total. The summed E-state index contributed by atoms with van der Waals surface area (Å²) >= 11 is 0. The lowest BCUT2D eigenvalue weighted by Gasteiger charge is -2.33. The maximum absolute atomic E-state index is 11.8. The van der Waals surface area contributed by atoms with Crippen LogP contribution in [0.3, 0.4) is 0 Å². The molecule has 30 heavy (non-hydrogen) atoms. The highest BCUT2D eigenvalue weighted by Crippen LogP contribution is 2.39. The molecule has 4 rings (SSSR count). The van der Waals surface area contributed by atoms with Gasteiger partial charge in [0.05, 0.1) is 26.9 Å². The average molecular weight is 406 g/mol. The second-order valence-electron chi connectivity index (χ2n) is 7.19. The van der Waals surface area contributed by atoms with Crippen molar-refractivity contribution in [3.63, 3.8) is 0 Å². The quantitative estimate of drug-likeness (QED) is 0.593. The fraction of sp³-hybridized carbons (Fsp3) is 0.292. The molecule has 3 aromatic rings. The summed E-state index contributed by atoms with van der Waals surface area (Å²) in [6.07, 6.45) is 7.79. The van der Waals surface area contributed by atoms with Gasteiger partial charge < -0.3 is 24.1 Å². The number of rotatable bonds is 7. The first-order valence-electron chi connectivity index (χ1n) is 10.1. The lowest BCUT2D eigenvalue weighted by molar-refractivity contribution is -0.119. The van der Waals surface area contributed by atoms with E-state index in [1.165, 1.54) is 5.56 Å². The van der Waals surface area contributed by atoms with E-state index in [4.69, 9.17) is 14.2 Å². The number of hydrogen-bond acceptors (Lipinski definition) is 4. The predicted octanol–water partition coefficient (Wildman–Crippen LogP) is 4.35. The van der Waals surface area contributed by atoms with Gasteiger partial charge in [0.2, 0.25) is 6.41 Å². The third-order valence-electron chi connectivity index (χ3n) is 5.55. The van der Waals surface area contributed by atoms with Gasteiger partial charge in [0.25, 0.3) is 0 Å². The topological polar surface area (TPSA) is 63.8 Å². The van der Waals surface area contributed by atoms with Crippen molar-refractivity contribution in [2.45, 2.75) is 19.4 Å². The van der Waals surface area contributed by atoms with Crippen molar-refractivity contribution in [1.82, 2.24) is 9.88 Å². The Labute approximate surface area is 176 Å². The molecule has 2 heterocycles. The third-order valence-corrected chi connectivity index (χ3v) is 5.55. The second kappa shape index (κ2) is 8.53. The van der Waals surface area contributed by atoms with E-state index in [1.807, 2.05) is 48.4 Å². The van der Waals surface area contributed by atoms with Crippen LogP contribution in [0.1, 0.15) is 29.7 Å². The van der Waals surface area contributed by atoms with E-state index in [0.29, 0.717) is 18.9 Å². The van der Waals surface area contributed by atoms with Crippen molar-refractivity contribution in [1.29, 1.82) is 0 Å². The minimum Gasteiger partial charge on any atom is -0.497 e. The number of H-pyrrole nitrogens is 1. The van der Waals surface area contributed by atoms with E-state index < -0.39 is 0 Å². The summed E-state index contributed by atoms with van der Waals surface area (Å²) in [5, 5.41) is 1.07. The number of aromatic nitrogens is 1. The molecule has 1 N–H and O–H groups in total. The number of amides is 1. The SMILES string of the molecule is CCOc1cc2c(cc1OC)CCN(C=O)[C@H]2/C=C/c1c[nH]c2ccc(OC)cc12. The smallest absolute Gasteiger partial charge is 0.210 e. The molecule has 0 radical (unpaired) electrons. The Morgan fingerprint density at radius 1 is 1.17 bits per heavy atom. The van der Waals surface area contributed by atoms with Crippen molar-refractivity contribution in [2.75, 3.05) is 27.4 Å². The molecule has 0 aliphatic carbocycles. The van der Waals surface area contributed by atoms with Gasteiger partial charge in [0, 0.05) is 23.6 Å². The van der Waals surface area contributed by atoms with Crippen LogP contribution in [0.5, 0.6) is 17.2 Å². The lowest BCUT2D eigenvalue weighted by Crippen LogP contribution is -2.33. The van der Waals surface area contributed by atoms with Crippen LogP contribution in [-0.4, -0.2) is 43.7 Å². The molecule has 156 valence electrons. The Balaban J connectivity index is 1.74. The largest absolute Gasteiger partial charge is 0.497 e. The number of aromatic amines is 1. The molecule has 1 aliphatic rings. The first kappa shape index (κ1) is 19.9. The van der Waals surface area contributed by atoms with Crippen molar-refractivity contribution < 1.29 is 19.0 Å². The van der Waals surface area contributed by atoms with Crippen molar-refractivity contribution >= 4 is 23.4 Å². The standard InChI is InChI=1S/C24H26N2O4/c1-4-30-24-13-20-16(11-23(24)29-3)9-10-26(15-27)22(20)8-5-17-14-25-21-7-6-18(28-2)12-19(17)21/h5-8,11-15,22,25H,4,9-10H2,1-3H3/b8-5+/t22-/m0/s1. The van der Waals surface area contributed by atoms with E-state index >= 15 is 0 Å². The zero-order valence-corrected chi connectivity index (χ0v) is 17.5. The molecule has 1 aliphatic heterocycles. The molecule has 2 aromatic carbocycles. The van der Waals surface area contributed by atoms with Crippen molar-refractivity contribution in [3.8, 4) is 17.2 Å². The van der Waals surface area contributed by atoms with Crippen LogP contribution in [0.2, 0.25) is 0 Å². The van der Waals surface area contributed by atoms with Gasteiger partial charge in [0.15, 0.2) is 11.5 Å². The highest BCUT2D eigenvalue weighted by Gasteiger charge is 2.26. The van der Waals surface area contributed by atoms with E-state index in [2.05, 4.69) is 17.1 Å². The lowest BCUT2D eigenvalue weighted by atomic mass is 9.91. The highest BCUT2D eigenvalue weighted by molar-refractivity contribution is 5.90. The number of ether oxygens (including phenoxy) is 3. The fourth-order valence-electron chi connectivity index (χ4n) is 4.02. The molecule has 0 fully saturated rings. The van der Waals surface area contributed by atoms with Crippen LogP contribution in [0.4, 0.5) is 0 Å². The molecule has 1 aromatic heterocycles. The summed E-state index contributed by atoms with van der Waals surface area (Å²) in [6.45, 7) is 3.15. The molecule has 0 saturated heterocycles. The fourth-order valence-corrected chi connectivity index (χ4v) is 4.02. The summed E-state index contributed by atoms with van der Waals surface area (Å²) in [6, 6.07) is 9.79. The predicted molar refractivity (Wildman–Crippen MR) is 117 cm³/mol. The van der Waals surface area contributed by atoms with Gasteiger partial charge in [-0.25, -0.2) is 0 Å². The molecule has 0 saturated carbocycles. The van der Waals surface area contributed by atoms with E-state index in [-0.39, 0.29) is 6.04 Å². The zero-order chi connectivity index (χ0) is 21.1. The average Bonchev–Trinajstić information content (AvgIpc) is 3.19. The highest BCUT2D eigenvalue weighted by atomic mass is 16.5. The van der Waals surface area contributed by atoms with E-state index in [1.54, 1.807) is 14.2 Å². The van der Waals surface area contributed by atoms with Crippen LogP contribution in [-0.2, 0) is 11.2 Å². The van der Waals surface area contributed by atoms with Crippen LogP contribution < -0.4 is 14.2 Å². The Kier molecular flexibility index (Phi) is 5.65. The molecule has 0 bridgehead atoms. The maximum atomic E-state index is 11.8. The van der Waals surface area contributed by atoms with Gasteiger partial charge in [0.1, 0.15) is 5.75 Å². The monoisotopic (exact) mass is 406 g/mol. The number of benzene rings is 2. The van der Waals surface area contributed by atoms with Gasteiger partial charge >= 0.3 is 0 Å². The normalized spacial score (nSPS) is 16.0. The molecule has 1 amide bonds.